The number of carbonyl (C=O) groups is 2. The normalized spacial score (nSPS) is 27.6. The largest absolute Gasteiger partial charge is 0.468 e. The van der Waals surface area contributed by atoms with Gasteiger partial charge < -0.3 is 15.4 Å². The number of esters is 1. The lowest BCUT2D eigenvalue weighted by atomic mass is 10.1. The maximum atomic E-state index is 12.2. The van der Waals surface area contributed by atoms with Gasteiger partial charge in [0, 0.05) is 32.2 Å². The smallest absolute Gasteiger partial charge is 0.319 e. The molecule has 1 saturated heterocycles. The van der Waals surface area contributed by atoms with Crippen LogP contribution >= 0.6 is 0 Å². The Kier molecular flexibility index (Phi) is 4.55. The second kappa shape index (κ2) is 6.16. The van der Waals surface area contributed by atoms with Crippen LogP contribution in [0, 0.1) is 5.92 Å². The van der Waals surface area contributed by atoms with E-state index in [1.54, 1.807) is 0 Å². The first kappa shape index (κ1) is 14.0. The van der Waals surface area contributed by atoms with Gasteiger partial charge >= 0.3 is 5.97 Å². The van der Waals surface area contributed by atoms with Crippen LogP contribution in [0.15, 0.2) is 12.2 Å². The summed E-state index contributed by atoms with van der Waals surface area (Å²) in [4.78, 5) is 27.3. The van der Waals surface area contributed by atoms with Crippen LogP contribution in [0.4, 0.5) is 0 Å². The maximum Gasteiger partial charge on any atom is 0.319 e. The van der Waals surface area contributed by atoms with E-state index in [1.165, 1.54) is 7.11 Å². The fourth-order valence-electron chi connectivity index (χ4n) is 2.52. The van der Waals surface area contributed by atoms with E-state index in [9.17, 15) is 9.59 Å². The van der Waals surface area contributed by atoms with Gasteiger partial charge in [-0.05, 0) is 6.42 Å². The molecule has 0 saturated carbocycles. The van der Waals surface area contributed by atoms with Crippen LogP contribution in [0.3, 0.4) is 0 Å². The summed E-state index contributed by atoms with van der Waals surface area (Å²) in [5.74, 6) is -0.145. The number of hydrogen-bond donors (Lipinski definition) is 1. The number of nitrogens with zero attached hydrogens (tertiary/aromatic N) is 2. The van der Waals surface area contributed by atoms with Crippen LogP contribution in [-0.4, -0.2) is 67.6 Å². The molecule has 1 fully saturated rings. The Morgan fingerprint density at radius 1 is 1.26 bits per heavy atom. The van der Waals surface area contributed by atoms with Crippen molar-refractivity contribution in [3.63, 3.8) is 0 Å². The average molecular weight is 267 g/mol. The predicted octanol–water partition coefficient (Wildman–Crippen LogP) is -0.793. The van der Waals surface area contributed by atoms with Gasteiger partial charge in [0.05, 0.1) is 19.6 Å². The Morgan fingerprint density at radius 2 is 1.95 bits per heavy atom. The van der Waals surface area contributed by atoms with Crippen LogP contribution < -0.4 is 5.73 Å². The highest BCUT2D eigenvalue weighted by Crippen LogP contribution is 2.19. The number of rotatable bonds is 3. The number of ether oxygens (including phenoxy) is 1. The first-order valence-corrected chi connectivity index (χ1v) is 6.62. The summed E-state index contributed by atoms with van der Waals surface area (Å²) in [6.45, 7) is 3.05. The van der Waals surface area contributed by atoms with Gasteiger partial charge in [-0.3, -0.25) is 14.5 Å². The van der Waals surface area contributed by atoms with Gasteiger partial charge in [0.25, 0.3) is 0 Å². The molecule has 2 aliphatic rings. The lowest BCUT2D eigenvalue weighted by molar-refractivity contribution is -0.143. The molecule has 1 amide bonds. The summed E-state index contributed by atoms with van der Waals surface area (Å²) in [6.07, 6.45) is 4.52. The third kappa shape index (κ3) is 3.54. The Balaban J connectivity index is 1.78. The molecule has 0 spiro atoms. The molecule has 1 aliphatic carbocycles. The van der Waals surface area contributed by atoms with Gasteiger partial charge in [-0.2, -0.15) is 0 Å². The molecule has 0 aromatic rings. The molecule has 0 aromatic heterocycles. The summed E-state index contributed by atoms with van der Waals surface area (Å²) in [6, 6.07) is 0.00886. The van der Waals surface area contributed by atoms with Gasteiger partial charge in [-0.15, -0.1) is 0 Å². The molecular formula is C13H21N3O3. The van der Waals surface area contributed by atoms with Gasteiger partial charge in [0.2, 0.25) is 5.91 Å². The standard InChI is InChI=1S/C13H21N3O3/c1-19-12(17)9-15-4-6-16(7-5-15)13(18)10-2-3-11(14)8-10/h2-3,10-11H,4-9,14H2,1H3. The van der Waals surface area contributed by atoms with Crippen molar-refractivity contribution in [1.82, 2.24) is 9.80 Å². The Morgan fingerprint density at radius 3 is 2.47 bits per heavy atom. The van der Waals surface area contributed by atoms with Gasteiger partial charge in [-0.1, -0.05) is 12.2 Å². The van der Waals surface area contributed by atoms with E-state index >= 15 is 0 Å². The zero-order valence-corrected chi connectivity index (χ0v) is 11.2. The molecule has 2 unspecified atom stereocenters. The van der Waals surface area contributed by atoms with E-state index < -0.39 is 0 Å². The van der Waals surface area contributed by atoms with Crippen LogP contribution in [0.2, 0.25) is 0 Å². The van der Waals surface area contributed by atoms with Crippen molar-refractivity contribution in [3.05, 3.63) is 12.2 Å². The van der Waals surface area contributed by atoms with Crippen molar-refractivity contribution >= 4 is 11.9 Å². The van der Waals surface area contributed by atoms with Crippen LogP contribution in [0.5, 0.6) is 0 Å². The van der Waals surface area contributed by atoms with E-state index in [0.29, 0.717) is 39.1 Å². The summed E-state index contributed by atoms with van der Waals surface area (Å²) in [5, 5.41) is 0. The van der Waals surface area contributed by atoms with E-state index in [2.05, 4.69) is 4.74 Å². The predicted molar refractivity (Wildman–Crippen MR) is 70.3 cm³/mol. The second-order valence-corrected chi connectivity index (χ2v) is 5.07. The molecule has 0 bridgehead atoms. The highest BCUT2D eigenvalue weighted by molar-refractivity contribution is 5.81. The third-order valence-corrected chi connectivity index (χ3v) is 3.70. The third-order valence-electron chi connectivity index (χ3n) is 3.70. The topological polar surface area (TPSA) is 75.9 Å². The van der Waals surface area contributed by atoms with E-state index in [-0.39, 0.29) is 23.8 Å². The molecule has 6 nitrogen and oxygen atoms in total. The maximum absolute atomic E-state index is 12.2. The van der Waals surface area contributed by atoms with Crippen molar-refractivity contribution in [1.29, 1.82) is 0 Å². The molecule has 1 heterocycles. The molecule has 19 heavy (non-hydrogen) atoms. The van der Waals surface area contributed by atoms with Crippen LogP contribution in [0.25, 0.3) is 0 Å². The highest BCUT2D eigenvalue weighted by atomic mass is 16.5. The second-order valence-electron chi connectivity index (χ2n) is 5.07. The van der Waals surface area contributed by atoms with Crippen molar-refractivity contribution in [2.45, 2.75) is 12.5 Å². The molecule has 0 radical (unpaired) electrons. The summed E-state index contributed by atoms with van der Waals surface area (Å²) >= 11 is 0. The van der Waals surface area contributed by atoms with E-state index in [4.69, 9.17) is 5.73 Å². The number of hydrogen-bond acceptors (Lipinski definition) is 5. The first-order valence-electron chi connectivity index (χ1n) is 6.62. The average Bonchev–Trinajstić information content (AvgIpc) is 2.85. The molecule has 0 aromatic carbocycles. The number of amides is 1. The van der Waals surface area contributed by atoms with Gasteiger partial charge in [-0.25, -0.2) is 0 Å². The highest BCUT2D eigenvalue weighted by Gasteiger charge is 2.29. The lowest BCUT2D eigenvalue weighted by Gasteiger charge is -2.35. The van der Waals surface area contributed by atoms with E-state index in [0.717, 1.165) is 0 Å². The van der Waals surface area contributed by atoms with Crippen molar-refractivity contribution in [2.75, 3.05) is 39.8 Å². The molecule has 2 atom stereocenters. The van der Waals surface area contributed by atoms with E-state index in [1.807, 2.05) is 22.0 Å². The zero-order valence-electron chi connectivity index (χ0n) is 11.2. The summed E-state index contributed by atoms with van der Waals surface area (Å²) in [5.41, 5.74) is 5.77. The zero-order chi connectivity index (χ0) is 13.8. The molecule has 1 aliphatic heterocycles. The number of piperazine rings is 1. The number of nitrogens with two attached hydrogens (primary N) is 1. The van der Waals surface area contributed by atoms with Gasteiger partial charge in [0.15, 0.2) is 0 Å². The van der Waals surface area contributed by atoms with Crippen LogP contribution in [-0.2, 0) is 14.3 Å². The molecule has 2 N–H and O–H groups in total. The number of methoxy groups -OCH3 is 1. The lowest BCUT2D eigenvalue weighted by Crippen LogP contribution is -2.51. The minimum atomic E-state index is -0.232. The Bertz CT molecular complexity index is 375. The molecule has 6 heteroatoms. The number of carbonyl (C=O) groups excluding carboxylic acids is 2. The quantitative estimate of drug-likeness (QED) is 0.535. The Labute approximate surface area is 113 Å². The van der Waals surface area contributed by atoms with Gasteiger partial charge in [0.1, 0.15) is 0 Å². The summed E-state index contributed by atoms with van der Waals surface area (Å²) in [7, 11) is 1.39. The minimum Gasteiger partial charge on any atom is -0.468 e. The fourth-order valence-corrected chi connectivity index (χ4v) is 2.52. The Hall–Kier alpha value is -1.40. The molecule has 2 rings (SSSR count). The molecule has 106 valence electrons. The summed E-state index contributed by atoms with van der Waals surface area (Å²) < 4.78 is 4.64. The molecular weight excluding hydrogens is 246 g/mol. The SMILES string of the molecule is COC(=O)CN1CCN(C(=O)C2C=CC(N)C2)CC1. The minimum absolute atomic E-state index is 0.00886. The van der Waals surface area contributed by atoms with Crippen molar-refractivity contribution in [3.8, 4) is 0 Å². The van der Waals surface area contributed by atoms with Crippen molar-refractivity contribution in [2.24, 2.45) is 11.7 Å². The first-order chi connectivity index (χ1) is 9.10. The van der Waals surface area contributed by atoms with Crippen molar-refractivity contribution < 1.29 is 14.3 Å². The fraction of sp³-hybridized carbons (Fsp3) is 0.692. The van der Waals surface area contributed by atoms with Crippen LogP contribution in [0.1, 0.15) is 6.42 Å². The monoisotopic (exact) mass is 267 g/mol.